The van der Waals surface area contributed by atoms with Crippen molar-refractivity contribution in [2.24, 2.45) is 0 Å². The second-order valence-corrected chi connectivity index (χ2v) is 6.52. The molecule has 0 unspecified atom stereocenters. The lowest BCUT2D eigenvalue weighted by atomic mass is 10.2. The van der Waals surface area contributed by atoms with Crippen LogP contribution in [-0.4, -0.2) is 36.7 Å². The molecule has 9 heteroatoms. The van der Waals surface area contributed by atoms with Crippen molar-refractivity contribution in [1.82, 2.24) is 4.98 Å². The van der Waals surface area contributed by atoms with E-state index in [0.717, 1.165) is 11.3 Å². The molecule has 1 N–H and O–H groups in total. The molecule has 8 nitrogen and oxygen atoms in total. The standard InChI is InChI=1S/C18H14N2O6S/c21-16(20-11-3-4-12-14(8-11)25-7-6-24-12)10-26-18(22)15-9-19-17(27-15)13-2-1-5-23-13/h1-5,8-9H,6-7,10H2,(H,20,21). The summed E-state index contributed by atoms with van der Waals surface area (Å²) in [5.41, 5.74) is 0.526. The number of aromatic nitrogens is 1. The maximum Gasteiger partial charge on any atom is 0.350 e. The molecule has 2 aromatic heterocycles. The lowest BCUT2D eigenvalue weighted by Crippen LogP contribution is -2.21. The lowest BCUT2D eigenvalue weighted by Gasteiger charge is -2.18. The molecule has 0 saturated carbocycles. The van der Waals surface area contributed by atoms with Crippen molar-refractivity contribution < 1.29 is 28.2 Å². The van der Waals surface area contributed by atoms with E-state index in [9.17, 15) is 9.59 Å². The van der Waals surface area contributed by atoms with Gasteiger partial charge in [-0.1, -0.05) is 0 Å². The van der Waals surface area contributed by atoms with Gasteiger partial charge in [0.1, 0.15) is 18.1 Å². The van der Waals surface area contributed by atoms with Crippen molar-refractivity contribution >= 4 is 28.9 Å². The summed E-state index contributed by atoms with van der Waals surface area (Å²) in [5, 5.41) is 3.21. The van der Waals surface area contributed by atoms with E-state index in [1.54, 1.807) is 30.3 Å². The zero-order valence-corrected chi connectivity index (χ0v) is 14.8. The highest BCUT2D eigenvalue weighted by molar-refractivity contribution is 7.16. The molecule has 0 bridgehead atoms. The number of furan rings is 1. The first kappa shape index (κ1) is 17.1. The van der Waals surface area contributed by atoms with Crippen LogP contribution in [0.1, 0.15) is 9.67 Å². The molecule has 1 aromatic carbocycles. The average Bonchev–Trinajstić information content (AvgIpc) is 3.37. The van der Waals surface area contributed by atoms with Crippen LogP contribution in [0.5, 0.6) is 11.5 Å². The van der Waals surface area contributed by atoms with Gasteiger partial charge < -0.3 is 23.9 Å². The fourth-order valence-corrected chi connectivity index (χ4v) is 3.18. The summed E-state index contributed by atoms with van der Waals surface area (Å²) in [7, 11) is 0. The third kappa shape index (κ3) is 3.93. The van der Waals surface area contributed by atoms with E-state index in [1.165, 1.54) is 12.5 Å². The summed E-state index contributed by atoms with van der Waals surface area (Å²) in [6.45, 7) is 0.534. The minimum atomic E-state index is -0.623. The molecular weight excluding hydrogens is 372 g/mol. The van der Waals surface area contributed by atoms with Crippen LogP contribution >= 0.6 is 11.3 Å². The first-order chi connectivity index (χ1) is 13.2. The van der Waals surface area contributed by atoms with Crippen LogP contribution in [0.15, 0.2) is 47.2 Å². The summed E-state index contributed by atoms with van der Waals surface area (Å²) in [5.74, 6) is 0.670. The fourth-order valence-electron chi connectivity index (χ4n) is 2.40. The van der Waals surface area contributed by atoms with E-state index < -0.39 is 18.5 Å². The van der Waals surface area contributed by atoms with Crippen LogP contribution in [0.4, 0.5) is 5.69 Å². The minimum Gasteiger partial charge on any atom is -0.486 e. The molecule has 27 heavy (non-hydrogen) atoms. The lowest BCUT2D eigenvalue weighted by molar-refractivity contribution is -0.119. The molecule has 0 spiro atoms. The van der Waals surface area contributed by atoms with Gasteiger partial charge in [-0.05, 0) is 24.3 Å². The number of thiazole rings is 1. The Balaban J connectivity index is 1.32. The Morgan fingerprint density at radius 3 is 2.85 bits per heavy atom. The molecule has 1 aliphatic rings. The van der Waals surface area contributed by atoms with Gasteiger partial charge in [-0.3, -0.25) is 4.79 Å². The number of benzene rings is 1. The Kier molecular flexibility index (Phi) is 4.75. The first-order valence-electron chi connectivity index (χ1n) is 8.05. The van der Waals surface area contributed by atoms with E-state index in [1.807, 2.05) is 0 Å². The van der Waals surface area contributed by atoms with Crippen molar-refractivity contribution in [3.63, 3.8) is 0 Å². The highest BCUT2D eigenvalue weighted by Gasteiger charge is 2.17. The van der Waals surface area contributed by atoms with Crippen LogP contribution in [0, 0.1) is 0 Å². The summed E-state index contributed by atoms with van der Waals surface area (Å²) >= 11 is 1.13. The molecule has 0 fully saturated rings. The Hall–Kier alpha value is -3.33. The van der Waals surface area contributed by atoms with Crippen molar-refractivity contribution in [1.29, 1.82) is 0 Å². The molecule has 0 saturated heterocycles. The predicted molar refractivity (Wildman–Crippen MR) is 96.2 cm³/mol. The van der Waals surface area contributed by atoms with Crippen LogP contribution < -0.4 is 14.8 Å². The molecule has 1 aliphatic heterocycles. The Morgan fingerprint density at radius 2 is 2.04 bits per heavy atom. The van der Waals surface area contributed by atoms with Gasteiger partial charge in [0, 0.05) is 11.8 Å². The van der Waals surface area contributed by atoms with Gasteiger partial charge in [0.25, 0.3) is 5.91 Å². The number of ether oxygens (including phenoxy) is 3. The normalized spacial score (nSPS) is 12.4. The maximum absolute atomic E-state index is 12.1. The van der Waals surface area contributed by atoms with Crippen molar-refractivity contribution in [2.45, 2.75) is 0 Å². The van der Waals surface area contributed by atoms with Gasteiger partial charge in [0.2, 0.25) is 0 Å². The quantitative estimate of drug-likeness (QED) is 0.673. The van der Waals surface area contributed by atoms with Crippen molar-refractivity contribution in [3.05, 3.63) is 47.7 Å². The molecule has 3 heterocycles. The van der Waals surface area contributed by atoms with Gasteiger partial charge in [0.15, 0.2) is 28.9 Å². The fraction of sp³-hybridized carbons (Fsp3) is 0.167. The van der Waals surface area contributed by atoms with E-state index in [4.69, 9.17) is 18.6 Å². The monoisotopic (exact) mass is 386 g/mol. The van der Waals surface area contributed by atoms with Crippen LogP contribution in [0.25, 0.3) is 10.8 Å². The molecule has 0 radical (unpaired) electrons. The number of esters is 1. The third-order valence-corrected chi connectivity index (χ3v) is 4.59. The number of fused-ring (bicyclic) bond motifs is 1. The minimum absolute atomic E-state index is 0.286. The zero-order valence-electron chi connectivity index (χ0n) is 14.0. The number of rotatable bonds is 5. The van der Waals surface area contributed by atoms with E-state index >= 15 is 0 Å². The number of hydrogen-bond donors (Lipinski definition) is 1. The molecule has 0 atom stereocenters. The van der Waals surface area contributed by atoms with Crippen molar-refractivity contribution in [2.75, 3.05) is 25.1 Å². The first-order valence-corrected chi connectivity index (χ1v) is 8.87. The number of hydrogen-bond acceptors (Lipinski definition) is 8. The number of anilines is 1. The Bertz CT molecular complexity index is 966. The van der Waals surface area contributed by atoms with E-state index in [-0.39, 0.29) is 4.88 Å². The smallest absolute Gasteiger partial charge is 0.350 e. The van der Waals surface area contributed by atoms with Gasteiger partial charge in [0.05, 0.1) is 12.5 Å². The summed E-state index contributed by atoms with van der Waals surface area (Å²) in [6.07, 6.45) is 2.92. The largest absolute Gasteiger partial charge is 0.486 e. The van der Waals surface area contributed by atoms with Crippen LogP contribution in [-0.2, 0) is 9.53 Å². The van der Waals surface area contributed by atoms with Crippen LogP contribution in [0.3, 0.4) is 0 Å². The predicted octanol–water partition coefficient (Wildman–Crippen LogP) is 2.97. The average molecular weight is 386 g/mol. The van der Waals surface area contributed by atoms with Gasteiger partial charge >= 0.3 is 5.97 Å². The summed E-state index contributed by atoms with van der Waals surface area (Å²) in [4.78, 5) is 28.5. The highest BCUT2D eigenvalue weighted by Crippen LogP contribution is 2.32. The number of carbonyl (C=O) groups is 2. The zero-order chi connectivity index (χ0) is 18.6. The molecule has 138 valence electrons. The number of nitrogens with one attached hydrogen (secondary N) is 1. The topological polar surface area (TPSA) is 99.9 Å². The second kappa shape index (κ2) is 7.50. The van der Waals surface area contributed by atoms with E-state index in [2.05, 4.69) is 10.3 Å². The van der Waals surface area contributed by atoms with Gasteiger partial charge in [-0.25, -0.2) is 9.78 Å². The third-order valence-electron chi connectivity index (χ3n) is 3.60. The van der Waals surface area contributed by atoms with Crippen molar-refractivity contribution in [3.8, 4) is 22.3 Å². The molecular formula is C18H14N2O6S. The van der Waals surface area contributed by atoms with Crippen LogP contribution in [0.2, 0.25) is 0 Å². The Morgan fingerprint density at radius 1 is 1.19 bits per heavy atom. The highest BCUT2D eigenvalue weighted by atomic mass is 32.1. The number of amides is 1. The molecule has 0 aliphatic carbocycles. The second-order valence-electron chi connectivity index (χ2n) is 5.49. The summed E-state index contributed by atoms with van der Waals surface area (Å²) < 4.78 is 21.1. The Labute approximate surface area is 157 Å². The van der Waals surface area contributed by atoms with E-state index in [0.29, 0.717) is 41.2 Å². The van der Waals surface area contributed by atoms with Gasteiger partial charge in [-0.15, -0.1) is 11.3 Å². The molecule has 3 aromatic rings. The number of carbonyl (C=O) groups excluding carboxylic acids is 2. The molecule has 4 rings (SSSR count). The van der Waals surface area contributed by atoms with Gasteiger partial charge in [-0.2, -0.15) is 0 Å². The SMILES string of the molecule is O=C(COC(=O)c1cnc(-c2ccco2)s1)Nc1ccc2c(c1)OCCO2. The number of nitrogens with zero attached hydrogens (tertiary/aromatic N) is 1. The molecule has 1 amide bonds. The summed E-state index contributed by atoms with van der Waals surface area (Å²) in [6, 6.07) is 8.54. The maximum atomic E-state index is 12.1.